The van der Waals surface area contributed by atoms with Crippen molar-refractivity contribution in [1.29, 1.82) is 0 Å². The molecule has 0 bridgehead atoms. The van der Waals surface area contributed by atoms with Crippen molar-refractivity contribution in [1.82, 2.24) is 29.6 Å². The van der Waals surface area contributed by atoms with Crippen LogP contribution in [0.3, 0.4) is 0 Å². The van der Waals surface area contributed by atoms with Gasteiger partial charge in [-0.1, -0.05) is 6.07 Å². The first kappa shape index (κ1) is 18.7. The highest BCUT2D eigenvalue weighted by molar-refractivity contribution is 5.99. The largest absolute Gasteiger partial charge is 0.496 e. The lowest BCUT2D eigenvalue weighted by atomic mass is 10.1. The average Bonchev–Trinajstić information content (AvgIpc) is 3.33. The summed E-state index contributed by atoms with van der Waals surface area (Å²) in [6.07, 6.45) is 4.55. The van der Waals surface area contributed by atoms with E-state index in [4.69, 9.17) is 9.47 Å². The molecule has 0 atom stereocenters. The molecule has 2 aromatic heterocycles. The predicted molar refractivity (Wildman–Crippen MR) is 105 cm³/mol. The highest BCUT2D eigenvalue weighted by Gasteiger charge is 2.27. The molecule has 3 heterocycles. The summed E-state index contributed by atoms with van der Waals surface area (Å²) in [5, 5.41) is 4.09. The number of nitrogens with zero attached hydrogens (tertiary/aromatic N) is 7. The Morgan fingerprint density at radius 2 is 1.66 bits per heavy atom. The van der Waals surface area contributed by atoms with E-state index in [2.05, 4.69) is 25.0 Å². The van der Waals surface area contributed by atoms with Crippen LogP contribution in [0.5, 0.6) is 11.5 Å². The van der Waals surface area contributed by atoms with Crippen molar-refractivity contribution in [2.24, 2.45) is 0 Å². The number of benzene rings is 1. The summed E-state index contributed by atoms with van der Waals surface area (Å²) in [4.78, 5) is 29.6. The van der Waals surface area contributed by atoms with Crippen LogP contribution in [0.1, 0.15) is 10.4 Å². The Morgan fingerprint density at radius 1 is 0.966 bits per heavy atom. The molecule has 0 radical (unpaired) electrons. The minimum atomic E-state index is -0.107. The van der Waals surface area contributed by atoms with Crippen molar-refractivity contribution >= 4 is 11.7 Å². The minimum Gasteiger partial charge on any atom is -0.496 e. The van der Waals surface area contributed by atoms with Crippen molar-refractivity contribution in [3.63, 3.8) is 0 Å². The molecule has 0 saturated carbocycles. The molecule has 150 valence electrons. The Hall–Kier alpha value is -3.69. The van der Waals surface area contributed by atoms with Crippen LogP contribution in [0.25, 0.3) is 5.82 Å². The molecule has 1 aliphatic rings. The highest BCUT2D eigenvalue weighted by Crippen LogP contribution is 2.30. The van der Waals surface area contributed by atoms with E-state index in [0.717, 1.165) is 5.82 Å². The number of carbonyl (C=O) groups is 1. The summed E-state index contributed by atoms with van der Waals surface area (Å²) >= 11 is 0. The summed E-state index contributed by atoms with van der Waals surface area (Å²) in [7, 11) is 3.09. The lowest BCUT2D eigenvalue weighted by Gasteiger charge is -2.35. The quantitative estimate of drug-likeness (QED) is 0.632. The summed E-state index contributed by atoms with van der Waals surface area (Å²) < 4.78 is 12.3. The number of carbonyl (C=O) groups excluding carboxylic acids is 1. The monoisotopic (exact) mass is 395 g/mol. The summed E-state index contributed by atoms with van der Waals surface area (Å²) in [5.74, 6) is 2.33. The topological polar surface area (TPSA) is 98.5 Å². The third-order valence-corrected chi connectivity index (χ3v) is 4.82. The first-order valence-electron chi connectivity index (χ1n) is 9.13. The first-order valence-corrected chi connectivity index (χ1v) is 9.13. The van der Waals surface area contributed by atoms with Crippen LogP contribution < -0.4 is 14.4 Å². The molecule has 1 aromatic carbocycles. The van der Waals surface area contributed by atoms with Crippen LogP contribution in [0.4, 0.5) is 5.82 Å². The molecule has 10 heteroatoms. The van der Waals surface area contributed by atoms with E-state index in [1.807, 2.05) is 6.07 Å². The minimum absolute atomic E-state index is 0.107. The molecule has 3 aromatic rings. The predicted octanol–water partition coefficient (Wildman–Crippen LogP) is 1.04. The second kappa shape index (κ2) is 8.13. The smallest absolute Gasteiger partial charge is 0.261 e. The maximum Gasteiger partial charge on any atom is 0.261 e. The molecule has 4 rings (SSSR count). The van der Waals surface area contributed by atoms with Crippen molar-refractivity contribution in [3.8, 4) is 17.3 Å². The number of hydrogen-bond acceptors (Lipinski definition) is 8. The molecule has 10 nitrogen and oxygen atoms in total. The maximum absolute atomic E-state index is 13.1. The molecule has 0 aliphatic carbocycles. The van der Waals surface area contributed by atoms with Gasteiger partial charge in [-0.2, -0.15) is 5.10 Å². The van der Waals surface area contributed by atoms with Crippen molar-refractivity contribution in [3.05, 3.63) is 48.8 Å². The van der Waals surface area contributed by atoms with Crippen molar-refractivity contribution < 1.29 is 14.3 Å². The van der Waals surface area contributed by atoms with E-state index in [1.165, 1.54) is 12.7 Å². The van der Waals surface area contributed by atoms with Gasteiger partial charge in [0.05, 0.1) is 14.2 Å². The number of anilines is 1. The van der Waals surface area contributed by atoms with Gasteiger partial charge in [0.15, 0.2) is 5.82 Å². The van der Waals surface area contributed by atoms with Crippen LogP contribution in [0, 0.1) is 0 Å². The fraction of sp³-hybridized carbons (Fsp3) is 0.316. The van der Waals surface area contributed by atoms with Crippen LogP contribution in [-0.2, 0) is 0 Å². The van der Waals surface area contributed by atoms with E-state index in [9.17, 15) is 4.79 Å². The number of methoxy groups -OCH3 is 2. The second-order valence-electron chi connectivity index (χ2n) is 6.39. The van der Waals surface area contributed by atoms with E-state index < -0.39 is 0 Å². The Labute approximate surface area is 167 Å². The molecule has 0 N–H and O–H groups in total. The van der Waals surface area contributed by atoms with Gasteiger partial charge >= 0.3 is 0 Å². The second-order valence-corrected chi connectivity index (χ2v) is 6.39. The summed E-state index contributed by atoms with van der Waals surface area (Å²) in [6.45, 7) is 2.42. The summed E-state index contributed by atoms with van der Waals surface area (Å²) in [6, 6.07) is 7.18. The Kier molecular flexibility index (Phi) is 5.23. The third kappa shape index (κ3) is 3.68. The zero-order chi connectivity index (χ0) is 20.2. The molecule has 0 unspecified atom stereocenters. The number of aromatic nitrogens is 5. The number of rotatable bonds is 5. The van der Waals surface area contributed by atoms with E-state index in [0.29, 0.717) is 49.1 Å². The zero-order valence-corrected chi connectivity index (χ0v) is 16.2. The fourth-order valence-electron chi connectivity index (χ4n) is 3.32. The first-order chi connectivity index (χ1) is 14.2. The Bertz CT molecular complexity index is 963. The summed E-state index contributed by atoms with van der Waals surface area (Å²) in [5.41, 5.74) is 0.446. The normalized spacial score (nSPS) is 14.0. The van der Waals surface area contributed by atoms with Crippen molar-refractivity contribution in [2.75, 3.05) is 45.3 Å². The van der Waals surface area contributed by atoms with Gasteiger partial charge in [-0.3, -0.25) is 4.79 Å². The van der Waals surface area contributed by atoms with Gasteiger partial charge in [0.2, 0.25) is 0 Å². The van der Waals surface area contributed by atoms with Crippen LogP contribution in [0.2, 0.25) is 0 Å². The third-order valence-electron chi connectivity index (χ3n) is 4.82. The molecule has 1 amide bonds. The maximum atomic E-state index is 13.1. The molecule has 1 aliphatic heterocycles. The Balaban J connectivity index is 1.48. The van der Waals surface area contributed by atoms with Crippen LogP contribution in [-0.4, -0.2) is 75.9 Å². The van der Waals surface area contributed by atoms with Gasteiger partial charge in [0.1, 0.15) is 41.9 Å². The lowest BCUT2D eigenvalue weighted by molar-refractivity contribution is 0.0739. The molecular weight excluding hydrogens is 374 g/mol. The van der Waals surface area contributed by atoms with Gasteiger partial charge in [0, 0.05) is 32.2 Å². The van der Waals surface area contributed by atoms with Gasteiger partial charge in [0.25, 0.3) is 5.91 Å². The molecular formula is C19H21N7O3. The number of amides is 1. The molecule has 0 spiro atoms. The SMILES string of the molecule is COc1cccc(OC)c1C(=O)N1CCN(c2cc(-n3cncn3)ncn2)CC1. The zero-order valence-electron chi connectivity index (χ0n) is 16.2. The number of ether oxygens (including phenoxy) is 2. The van der Waals surface area contributed by atoms with E-state index in [-0.39, 0.29) is 5.91 Å². The van der Waals surface area contributed by atoms with E-state index in [1.54, 1.807) is 48.3 Å². The lowest BCUT2D eigenvalue weighted by Crippen LogP contribution is -2.49. The van der Waals surface area contributed by atoms with Crippen LogP contribution in [0.15, 0.2) is 43.2 Å². The Morgan fingerprint density at radius 3 is 2.28 bits per heavy atom. The van der Waals surface area contributed by atoms with Gasteiger partial charge in [-0.25, -0.2) is 19.6 Å². The standard InChI is InChI=1S/C19H21N7O3/c1-28-14-4-3-5-15(29-2)18(14)19(27)25-8-6-24(7-9-25)16-10-17(22-12-21-16)26-13-20-11-23-26/h3-5,10-13H,6-9H2,1-2H3. The average molecular weight is 395 g/mol. The van der Waals surface area contributed by atoms with Gasteiger partial charge < -0.3 is 19.3 Å². The van der Waals surface area contributed by atoms with E-state index >= 15 is 0 Å². The number of piperazine rings is 1. The van der Waals surface area contributed by atoms with Gasteiger partial charge in [-0.15, -0.1) is 0 Å². The fourth-order valence-corrected chi connectivity index (χ4v) is 3.32. The van der Waals surface area contributed by atoms with Crippen molar-refractivity contribution in [2.45, 2.75) is 0 Å². The highest BCUT2D eigenvalue weighted by atomic mass is 16.5. The molecule has 1 fully saturated rings. The number of hydrogen-bond donors (Lipinski definition) is 0. The van der Waals surface area contributed by atoms with Gasteiger partial charge in [-0.05, 0) is 12.1 Å². The molecule has 1 saturated heterocycles. The van der Waals surface area contributed by atoms with Crippen LogP contribution >= 0.6 is 0 Å². The molecule has 29 heavy (non-hydrogen) atoms.